The number of halogens is 1. The standard InChI is InChI=1S/C17H23FN2O2/c1-2-19-9-14-11-20(12-15(10-19)22-14)17(21)8-7-13-5-3-4-6-16(13)18/h3-6,14-15H,2,7-12H2,1H3. The first-order chi connectivity index (χ1) is 10.7. The summed E-state index contributed by atoms with van der Waals surface area (Å²) in [6, 6.07) is 6.67. The molecule has 5 heteroatoms. The van der Waals surface area contributed by atoms with E-state index in [1.54, 1.807) is 18.2 Å². The molecule has 120 valence electrons. The Labute approximate surface area is 130 Å². The molecule has 0 radical (unpaired) electrons. The molecule has 0 N–H and O–H groups in total. The van der Waals surface area contributed by atoms with E-state index in [1.807, 2.05) is 4.90 Å². The Morgan fingerprint density at radius 2 is 1.91 bits per heavy atom. The van der Waals surface area contributed by atoms with Crippen LogP contribution in [0.2, 0.25) is 0 Å². The molecule has 1 amide bonds. The van der Waals surface area contributed by atoms with Crippen molar-refractivity contribution in [3.63, 3.8) is 0 Å². The maximum Gasteiger partial charge on any atom is 0.223 e. The van der Waals surface area contributed by atoms with Gasteiger partial charge in [-0.25, -0.2) is 4.39 Å². The van der Waals surface area contributed by atoms with Crippen LogP contribution in [0, 0.1) is 5.82 Å². The number of benzene rings is 1. The highest BCUT2D eigenvalue weighted by atomic mass is 19.1. The van der Waals surface area contributed by atoms with Gasteiger partial charge in [-0.2, -0.15) is 0 Å². The van der Waals surface area contributed by atoms with Crippen LogP contribution in [0.5, 0.6) is 0 Å². The first kappa shape index (κ1) is 15.4. The molecule has 1 aromatic rings. The van der Waals surface area contributed by atoms with E-state index in [2.05, 4.69) is 11.8 Å². The number of rotatable bonds is 4. The number of hydrogen-bond donors (Lipinski definition) is 0. The van der Waals surface area contributed by atoms with Gasteiger partial charge in [0.1, 0.15) is 5.82 Å². The van der Waals surface area contributed by atoms with Gasteiger partial charge < -0.3 is 9.64 Å². The van der Waals surface area contributed by atoms with Crippen molar-refractivity contribution in [3.8, 4) is 0 Å². The van der Waals surface area contributed by atoms with Crippen LogP contribution >= 0.6 is 0 Å². The molecule has 4 nitrogen and oxygen atoms in total. The molecule has 22 heavy (non-hydrogen) atoms. The molecule has 0 aliphatic carbocycles. The molecule has 2 bridgehead atoms. The van der Waals surface area contributed by atoms with Gasteiger partial charge >= 0.3 is 0 Å². The molecule has 2 aliphatic heterocycles. The highest BCUT2D eigenvalue weighted by Gasteiger charge is 2.35. The minimum atomic E-state index is -0.229. The third-order valence-electron chi connectivity index (χ3n) is 4.52. The fourth-order valence-electron chi connectivity index (χ4n) is 3.34. The van der Waals surface area contributed by atoms with Crippen LogP contribution in [0.25, 0.3) is 0 Å². The van der Waals surface area contributed by atoms with E-state index < -0.39 is 0 Å². The summed E-state index contributed by atoms with van der Waals surface area (Å²) < 4.78 is 19.5. The monoisotopic (exact) mass is 306 g/mol. The quantitative estimate of drug-likeness (QED) is 0.849. The highest BCUT2D eigenvalue weighted by molar-refractivity contribution is 5.76. The van der Waals surface area contributed by atoms with Gasteiger partial charge in [-0.05, 0) is 24.6 Å². The molecular weight excluding hydrogens is 283 g/mol. The molecule has 2 aliphatic rings. The molecule has 2 heterocycles. The zero-order valence-corrected chi connectivity index (χ0v) is 13.0. The van der Waals surface area contributed by atoms with Gasteiger partial charge in [0.05, 0.1) is 12.2 Å². The molecule has 0 aromatic heterocycles. The molecular formula is C17H23FN2O2. The van der Waals surface area contributed by atoms with Crippen molar-refractivity contribution >= 4 is 5.91 Å². The third kappa shape index (κ3) is 3.47. The summed E-state index contributed by atoms with van der Waals surface area (Å²) in [7, 11) is 0. The first-order valence-electron chi connectivity index (χ1n) is 8.04. The molecule has 2 atom stereocenters. The number of hydrogen-bond acceptors (Lipinski definition) is 3. The van der Waals surface area contributed by atoms with E-state index in [-0.39, 0.29) is 23.9 Å². The molecule has 0 saturated carbocycles. The SMILES string of the molecule is CCN1CC2CN(C(=O)CCc3ccccc3F)CC(C1)O2. The molecule has 2 saturated heterocycles. The Balaban J connectivity index is 1.54. The van der Waals surface area contributed by atoms with Crippen molar-refractivity contribution in [2.45, 2.75) is 32.0 Å². The number of morpholine rings is 2. The van der Waals surface area contributed by atoms with Gasteiger partial charge in [0.15, 0.2) is 0 Å². The molecule has 0 spiro atoms. The lowest BCUT2D eigenvalue weighted by Gasteiger charge is -2.45. The van der Waals surface area contributed by atoms with E-state index >= 15 is 0 Å². The largest absolute Gasteiger partial charge is 0.369 e. The maximum absolute atomic E-state index is 13.6. The summed E-state index contributed by atoms with van der Waals surface area (Å²) in [4.78, 5) is 16.7. The third-order valence-corrected chi connectivity index (χ3v) is 4.52. The van der Waals surface area contributed by atoms with E-state index in [9.17, 15) is 9.18 Å². The Bertz CT molecular complexity index is 523. The van der Waals surface area contributed by atoms with Crippen LogP contribution in [0.1, 0.15) is 18.9 Å². The Hall–Kier alpha value is -1.46. The minimum Gasteiger partial charge on any atom is -0.369 e. The molecule has 1 aromatic carbocycles. The summed E-state index contributed by atoms with van der Waals surface area (Å²) in [6.45, 7) is 6.27. The fraction of sp³-hybridized carbons (Fsp3) is 0.588. The number of fused-ring (bicyclic) bond motifs is 2. The Morgan fingerprint density at radius 1 is 1.23 bits per heavy atom. The van der Waals surface area contributed by atoms with Crippen LogP contribution in [0.15, 0.2) is 24.3 Å². The smallest absolute Gasteiger partial charge is 0.223 e. The normalized spacial score (nSPS) is 25.3. The highest BCUT2D eigenvalue weighted by Crippen LogP contribution is 2.20. The maximum atomic E-state index is 13.6. The number of aryl methyl sites for hydroxylation is 1. The Kier molecular flexibility index (Phi) is 4.74. The van der Waals surface area contributed by atoms with Crippen molar-refractivity contribution in [2.75, 3.05) is 32.7 Å². The van der Waals surface area contributed by atoms with Crippen molar-refractivity contribution in [1.29, 1.82) is 0 Å². The number of carbonyl (C=O) groups is 1. The second-order valence-corrected chi connectivity index (χ2v) is 6.12. The number of carbonyl (C=O) groups excluding carboxylic acids is 1. The predicted octanol–water partition coefficient (Wildman–Crippen LogP) is 1.69. The van der Waals surface area contributed by atoms with Crippen molar-refractivity contribution in [1.82, 2.24) is 9.80 Å². The minimum absolute atomic E-state index is 0.103. The van der Waals surface area contributed by atoms with Crippen molar-refractivity contribution < 1.29 is 13.9 Å². The number of likely N-dealkylation sites (N-methyl/N-ethyl adjacent to an activating group) is 1. The van der Waals surface area contributed by atoms with Crippen LogP contribution in [-0.4, -0.2) is 60.6 Å². The summed E-state index contributed by atoms with van der Waals surface area (Å²) in [6.07, 6.45) is 1.05. The fourth-order valence-corrected chi connectivity index (χ4v) is 3.34. The van der Waals surface area contributed by atoms with Crippen LogP contribution < -0.4 is 0 Å². The Morgan fingerprint density at radius 3 is 2.55 bits per heavy atom. The number of nitrogens with zero attached hydrogens (tertiary/aromatic N) is 2. The second-order valence-electron chi connectivity index (χ2n) is 6.12. The zero-order valence-electron chi connectivity index (χ0n) is 13.0. The van der Waals surface area contributed by atoms with Crippen molar-refractivity contribution in [2.24, 2.45) is 0 Å². The van der Waals surface area contributed by atoms with Gasteiger partial charge in [0, 0.05) is 32.6 Å². The van der Waals surface area contributed by atoms with Crippen LogP contribution in [0.3, 0.4) is 0 Å². The van der Waals surface area contributed by atoms with Gasteiger partial charge in [0.25, 0.3) is 0 Å². The average Bonchev–Trinajstić information content (AvgIpc) is 2.52. The number of amides is 1. The molecule has 2 unspecified atom stereocenters. The van der Waals surface area contributed by atoms with E-state index in [4.69, 9.17) is 4.74 Å². The van der Waals surface area contributed by atoms with Crippen LogP contribution in [-0.2, 0) is 16.0 Å². The summed E-state index contributed by atoms with van der Waals surface area (Å²) in [5.41, 5.74) is 0.612. The van der Waals surface area contributed by atoms with E-state index in [0.29, 0.717) is 31.5 Å². The number of ether oxygens (including phenoxy) is 1. The summed E-state index contributed by atoms with van der Waals surface area (Å²) in [5, 5.41) is 0. The lowest BCUT2D eigenvalue weighted by atomic mass is 10.1. The van der Waals surface area contributed by atoms with Gasteiger partial charge in [0.2, 0.25) is 5.91 Å². The summed E-state index contributed by atoms with van der Waals surface area (Å²) >= 11 is 0. The molecule has 3 rings (SSSR count). The first-order valence-corrected chi connectivity index (χ1v) is 8.04. The zero-order chi connectivity index (χ0) is 15.5. The van der Waals surface area contributed by atoms with E-state index in [1.165, 1.54) is 6.07 Å². The van der Waals surface area contributed by atoms with Gasteiger partial charge in [-0.1, -0.05) is 25.1 Å². The van der Waals surface area contributed by atoms with Gasteiger partial charge in [-0.15, -0.1) is 0 Å². The van der Waals surface area contributed by atoms with Gasteiger partial charge in [-0.3, -0.25) is 9.69 Å². The summed E-state index contributed by atoms with van der Waals surface area (Å²) in [5.74, 6) is -0.126. The predicted molar refractivity (Wildman–Crippen MR) is 82.1 cm³/mol. The second kappa shape index (κ2) is 6.75. The van der Waals surface area contributed by atoms with Crippen molar-refractivity contribution in [3.05, 3.63) is 35.6 Å². The average molecular weight is 306 g/mol. The van der Waals surface area contributed by atoms with E-state index in [0.717, 1.165) is 19.6 Å². The lowest BCUT2D eigenvalue weighted by Crippen LogP contribution is -2.60. The van der Waals surface area contributed by atoms with Crippen LogP contribution in [0.4, 0.5) is 4.39 Å². The molecule has 2 fully saturated rings. The lowest BCUT2D eigenvalue weighted by molar-refractivity contribution is -0.160. The topological polar surface area (TPSA) is 32.8 Å².